The molecule has 12 heavy (non-hydrogen) atoms. The molecule has 1 unspecified atom stereocenters. The summed E-state index contributed by atoms with van der Waals surface area (Å²) in [5.74, 6) is 0.552. The van der Waals surface area contributed by atoms with E-state index < -0.39 is 12.2 Å². The van der Waals surface area contributed by atoms with Crippen LogP contribution in [0.3, 0.4) is 0 Å². The van der Waals surface area contributed by atoms with Crippen LogP contribution >= 0.6 is 0 Å². The zero-order valence-electron chi connectivity index (χ0n) is 8.25. The molecule has 0 spiro atoms. The van der Waals surface area contributed by atoms with Crippen molar-refractivity contribution in [3.8, 4) is 0 Å². The van der Waals surface area contributed by atoms with E-state index in [4.69, 9.17) is 0 Å². The lowest BCUT2D eigenvalue weighted by atomic mass is 9.71. The largest absolute Gasteiger partial charge is 0.390 e. The van der Waals surface area contributed by atoms with Crippen LogP contribution in [0.4, 0.5) is 0 Å². The molecule has 0 radical (unpaired) electrons. The first-order valence-electron chi connectivity index (χ1n) is 4.77. The normalized spacial score (nSPS) is 38.2. The van der Waals surface area contributed by atoms with Crippen LogP contribution in [0.1, 0.15) is 40.0 Å². The van der Waals surface area contributed by atoms with Gasteiger partial charge in [0.25, 0.3) is 0 Å². The summed E-state index contributed by atoms with van der Waals surface area (Å²) < 4.78 is 0. The Bertz CT molecular complexity index is 148. The third-order valence-electron chi connectivity index (χ3n) is 3.01. The van der Waals surface area contributed by atoms with Crippen LogP contribution in [-0.4, -0.2) is 22.4 Å². The highest BCUT2D eigenvalue weighted by molar-refractivity contribution is 4.85. The molecule has 3 atom stereocenters. The predicted octanol–water partition coefficient (Wildman–Crippen LogP) is 1.55. The molecule has 0 aliphatic heterocycles. The SMILES string of the molecule is CC(C)(C)[C@@H]1CC[C@@H](O)C(O)C1. The topological polar surface area (TPSA) is 40.5 Å². The highest BCUT2D eigenvalue weighted by Crippen LogP contribution is 2.37. The molecule has 0 heterocycles. The van der Waals surface area contributed by atoms with Crippen LogP contribution in [0.25, 0.3) is 0 Å². The lowest BCUT2D eigenvalue weighted by molar-refractivity contribution is -0.0432. The Morgan fingerprint density at radius 1 is 1.00 bits per heavy atom. The van der Waals surface area contributed by atoms with Gasteiger partial charge in [0, 0.05) is 0 Å². The molecule has 1 saturated carbocycles. The van der Waals surface area contributed by atoms with Gasteiger partial charge in [-0.3, -0.25) is 0 Å². The van der Waals surface area contributed by atoms with Crippen LogP contribution in [-0.2, 0) is 0 Å². The third-order valence-corrected chi connectivity index (χ3v) is 3.01. The molecule has 1 rings (SSSR count). The summed E-state index contributed by atoms with van der Waals surface area (Å²) >= 11 is 0. The van der Waals surface area contributed by atoms with Gasteiger partial charge in [-0.25, -0.2) is 0 Å². The van der Waals surface area contributed by atoms with Crippen LogP contribution < -0.4 is 0 Å². The van der Waals surface area contributed by atoms with Crippen LogP contribution in [0.5, 0.6) is 0 Å². The zero-order valence-corrected chi connectivity index (χ0v) is 8.25. The maximum absolute atomic E-state index is 9.46. The van der Waals surface area contributed by atoms with Gasteiger partial charge in [0.15, 0.2) is 0 Å². The average Bonchev–Trinajstić information content (AvgIpc) is 1.92. The Labute approximate surface area is 74.6 Å². The molecule has 0 bridgehead atoms. The van der Waals surface area contributed by atoms with Crippen molar-refractivity contribution in [3.63, 3.8) is 0 Å². The molecule has 0 saturated heterocycles. The van der Waals surface area contributed by atoms with Gasteiger partial charge in [-0.15, -0.1) is 0 Å². The Morgan fingerprint density at radius 3 is 2.00 bits per heavy atom. The van der Waals surface area contributed by atoms with Crippen molar-refractivity contribution >= 4 is 0 Å². The molecule has 2 nitrogen and oxygen atoms in total. The van der Waals surface area contributed by atoms with Crippen molar-refractivity contribution in [2.24, 2.45) is 11.3 Å². The second kappa shape index (κ2) is 3.35. The van der Waals surface area contributed by atoms with Crippen molar-refractivity contribution in [2.75, 3.05) is 0 Å². The summed E-state index contributed by atoms with van der Waals surface area (Å²) in [6.45, 7) is 6.59. The monoisotopic (exact) mass is 172 g/mol. The minimum atomic E-state index is -0.497. The van der Waals surface area contributed by atoms with Gasteiger partial charge in [-0.05, 0) is 30.6 Å². The summed E-state index contributed by atoms with van der Waals surface area (Å²) in [5, 5.41) is 18.8. The third kappa shape index (κ3) is 2.20. The second-order valence-electron chi connectivity index (χ2n) is 5.01. The van der Waals surface area contributed by atoms with Crippen molar-refractivity contribution < 1.29 is 10.2 Å². The summed E-state index contributed by atoms with van der Waals surface area (Å²) in [4.78, 5) is 0. The van der Waals surface area contributed by atoms with E-state index in [1.165, 1.54) is 0 Å². The van der Waals surface area contributed by atoms with Crippen LogP contribution in [0.2, 0.25) is 0 Å². The minimum absolute atomic E-state index is 0.265. The molecule has 1 aliphatic rings. The van der Waals surface area contributed by atoms with E-state index in [1.54, 1.807) is 0 Å². The lowest BCUT2D eigenvalue weighted by Crippen LogP contribution is -2.37. The number of aliphatic hydroxyl groups is 2. The quantitative estimate of drug-likeness (QED) is 0.582. The number of rotatable bonds is 0. The van der Waals surface area contributed by atoms with E-state index in [9.17, 15) is 10.2 Å². The molecule has 72 valence electrons. The van der Waals surface area contributed by atoms with Crippen molar-refractivity contribution in [2.45, 2.75) is 52.2 Å². The van der Waals surface area contributed by atoms with Gasteiger partial charge in [0.1, 0.15) is 0 Å². The standard InChI is InChI=1S/C10H20O2/c1-10(2,3)7-4-5-8(11)9(12)6-7/h7-9,11-12H,4-6H2,1-3H3/t7-,8-,9?/m1/s1. The van der Waals surface area contributed by atoms with Crippen molar-refractivity contribution in [1.82, 2.24) is 0 Å². The van der Waals surface area contributed by atoms with Crippen molar-refractivity contribution in [1.29, 1.82) is 0 Å². The van der Waals surface area contributed by atoms with Gasteiger partial charge in [-0.1, -0.05) is 20.8 Å². The summed E-state index contributed by atoms with van der Waals surface area (Å²) in [6, 6.07) is 0. The summed E-state index contributed by atoms with van der Waals surface area (Å²) in [5.41, 5.74) is 0.265. The molecule has 1 fully saturated rings. The molecule has 0 aromatic carbocycles. The zero-order chi connectivity index (χ0) is 9.35. The first-order valence-corrected chi connectivity index (χ1v) is 4.77. The predicted molar refractivity (Wildman–Crippen MR) is 48.8 cm³/mol. The van der Waals surface area contributed by atoms with E-state index >= 15 is 0 Å². The first-order chi connectivity index (χ1) is 5.41. The van der Waals surface area contributed by atoms with Gasteiger partial charge in [0.2, 0.25) is 0 Å². The van der Waals surface area contributed by atoms with Crippen LogP contribution in [0, 0.1) is 11.3 Å². The Morgan fingerprint density at radius 2 is 1.58 bits per heavy atom. The highest BCUT2D eigenvalue weighted by atomic mass is 16.3. The van der Waals surface area contributed by atoms with Gasteiger partial charge >= 0.3 is 0 Å². The summed E-state index contributed by atoms with van der Waals surface area (Å²) in [6.07, 6.45) is 1.57. The fourth-order valence-electron chi connectivity index (χ4n) is 1.92. The van der Waals surface area contributed by atoms with Gasteiger partial charge in [0.05, 0.1) is 12.2 Å². The second-order valence-corrected chi connectivity index (χ2v) is 5.01. The molecule has 0 aromatic heterocycles. The maximum atomic E-state index is 9.46. The summed E-state index contributed by atoms with van der Waals surface area (Å²) in [7, 11) is 0. The molecule has 0 amide bonds. The Hall–Kier alpha value is -0.0800. The van der Waals surface area contributed by atoms with E-state index in [0.29, 0.717) is 5.92 Å². The number of aliphatic hydroxyl groups excluding tert-OH is 2. The highest BCUT2D eigenvalue weighted by Gasteiger charge is 2.33. The molecular weight excluding hydrogens is 152 g/mol. The maximum Gasteiger partial charge on any atom is 0.0801 e. The van der Waals surface area contributed by atoms with E-state index in [2.05, 4.69) is 20.8 Å². The number of hydrogen-bond acceptors (Lipinski definition) is 2. The molecular formula is C10H20O2. The van der Waals surface area contributed by atoms with Crippen molar-refractivity contribution in [3.05, 3.63) is 0 Å². The molecule has 0 aromatic rings. The van der Waals surface area contributed by atoms with Gasteiger partial charge < -0.3 is 10.2 Å². The van der Waals surface area contributed by atoms with Crippen LogP contribution in [0.15, 0.2) is 0 Å². The fraction of sp³-hybridized carbons (Fsp3) is 1.00. The molecule has 2 N–H and O–H groups in total. The van der Waals surface area contributed by atoms with Gasteiger partial charge in [-0.2, -0.15) is 0 Å². The number of hydrogen-bond donors (Lipinski definition) is 2. The Balaban J connectivity index is 2.51. The lowest BCUT2D eigenvalue weighted by Gasteiger charge is -2.38. The molecule has 1 aliphatic carbocycles. The fourth-order valence-corrected chi connectivity index (χ4v) is 1.92. The van der Waals surface area contributed by atoms with E-state index in [-0.39, 0.29) is 5.41 Å². The first kappa shape index (κ1) is 10.0. The molecule has 2 heteroatoms. The van der Waals surface area contributed by atoms with E-state index in [0.717, 1.165) is 19.3 Å². The smallest absolute Gasteiger partial charge is 0.0801 e. The Kier molecular flexibility index (Phi) is 2.79. The average molecular weight is 172 g/mol. The van der Waals surface area contributed by atoms with E-state index in [1.807, 2.05) is 0 Å². The minimum Gasteiger partial charge on any atom is -0.390 e.